The number of amides is 1. The third-order valence-electron chi connectivity index (χ3n) is 6.27. The van der Waals surface area contributed by atoms with Crippen LogP contribution in [-0.4, -0.2) is 66.8 Å². The molecular formula is C24H24F6N2O3. The van der Waals surface area contributed by atoms with Crippen LogP contribution in [0, 0.1) is 5.82 Å². The topological polar surface area (TPSA) is 42.0 Å². The summed E-state index contributed by atoms with van der Waals surface area (Å²) in [6.45, 7) is -4.08. The third-order valence-corrected chi connectivity index (χ3v) is 6.27. The Labute approximate surface area is 198 Å². The highest BCUT2D eigenvalue weighted by Crippen LogP contribution is 2.39. The highest BCUT2D eigenvalue weighted by atomic mass is 19.4. The van der Waals surface area contributed by atoms with E-state index < -0.39 is 48.5 Å². The number of morpholine rings is 1. The van der Waals surface area contributed by atoms with Gasteiger partial charge in [-0.15, -0.1) is 0 Å². The summed E-state index contributed by atoms with van der Waals surface area (Å²) < 4.78 is 89.7. The Morgan fingerprint density at radius 1 is 1.09 bits per heavy atom. The van der Waals surface area contributed by atoms with Gasteiger partial charge in [0.2, 0.25) is 0 Å². The molecule has 2 aromatic carbocycles. The number of piperidine rings is 1. The molecule has 2 aliphatic heterocycles. The van der Waals surface area contributed by atoms with E-state index in [1.165, 1.54) is 21.9 Å². The molecule has 0 bridgehead atoms. The number of ether oxygens (including phenoxy) is 2. The van der Waals surface area contributed by atoms with Crippen molar-refractivity contribution in [1.82, 2.24) is 9.80 Å². The molecule has 0 saturated carbocycles. The lowest BCUT2D eigenvalue weighted by molar-refractivity contribution is -0.205. The summed E-state index contributed by atoms with van der Waals surface area (Å²) in [6, 6.07) is 12.3. The first kappa shape index (κ1) is 25.3. The van der Waals surface area contributed by atoms with Crippen LogP contribution in [-0.2, 0) is 4.74 Å². The number of hydrogen-bond donors (Lipinski definition) is 0. The molecule has 11 heteroatoms. The molecule has 1 unspecified atom stereocenters. The monoisotopic (exact) mass is 502 g/mol. The van der Waals surface area contributed by atoms with Crippen molar-refractivity contribution in [3.05, 3.63) is 65.5 Å². The van der Waals surface area contributed by atoms with E-state index in [-0.39, 0.29) is 44.6 Å². The van der Waals surface area contributed by atoms with Gasteiger partial charge in [-0.2, -0.15) is 22.0 Å². The number of hydrogen-bond acceptors (Lipinski definition) is 4. The lowest BCUT2D eigenvalue weighted by Crippen LogP contribution is -2.59. The summed E-state index contributed by atoms with van der Waals surface area (Å²) in [6.07, 6.45) is -4.49. The van der Waals surface area contributed by atoms with Crippen molar-refractivity contribution in [3.8, 4) is 5.75 Å². The average Bonchev–Trinajstić information content (AvgIpc) is 2.79. The Hall–Kier alpha value is -2.79. The average molecular weight is 502 g/mol. The molecule has 1 atom stereocenters. The van der Waals surface area contributed by atoms with E-state index in [1.54, 1.807) is 30.3 Å². The molecule has 1 amide bonds. The van der Waals surface area contributed by atoms with Gasteiger partial charge in [-0.3, -0.25) is 9.69 Å². The van der Waals surface area contributed by atoms with Gasteiger partial charge >= 0.3 is 12.8 Å². The van der Waals surface area contributed by atoms with E-state index in [4.69, 9.17) is 4.74 Å². The first-order chi connectivity index (χ1) is 16.6. The summed E-state index contributed by atoms with van der Waals surface area (Å²) in [4.78, 5) is 15.7. The SMILES string of the molecule is O=C(c1cccc(F)c1OC(F)F)N1CCC2(CC1)CN(CC(F)(F)F)CC(c1ccccc1)O2. The number of carbonyl (C=O) groups is 1. The smallest absolute Gasteiger partial charge is 0.401 e. The molecule has 0 N–H and O–H groups in total. The highest BCUT2D eigenvalue weighted by molar-refractivity contribution is 5.97. The molecule has 2 saturated heterocycles. The van der Waals surface area contributed by atoms with Gasteiger partial charge in [0.1, 0.15) is 0 Å². The van der Waals surface area contributed by atoms with Crippen molar-refractivity contribution in [2.24, 2.45) is 0 Å². The Bertz CT molecular complexity index is 1030. The number of para-hydroxylation sites is 1. The van der Waals surface area contributed by atoms with Gasteiger partial charge in [-0.1, -0.05) is 36.4 Å². The lowest BCUT2D eigenvalue weighted by Gasteiger charge is -2.50. The molecule has 4 rings (SSSR count). The minimum atomic E-state index is -4.38. The van der Waals surface area contributed by atoms with E-state index in [0.717, 1.165) is 11.6 Å². The van der Waals surface area contributed by atoms with Crippen molar-refractivity contribution in [2.75, 3.05) is 32.7 Å². The van der Waals surface area contributed by atoms with Crippen LogP contribution in [0.3, 0.4) is 0 Å². The Kier molecular flexibility index (Phi) is 7.27. The van der Waals surface area contributed by atoms with Crippen LogP contribution in [0.15, 0.2) is 48.5 Å². The number of carbonyl (C=O) groups excluding carboxylic acids is 1. The summed E-state index contributed by atoms with van der Waals surface area (Å²) in [7, 11) is 0. The minimum absolute atomic E-state index is 0.0393. The summed E-state index contributed by atoms with van der Waals surface area (Å²) in [5.74, 6) is -2.62. The maximum Gasteiger partial charge on any atom is 0.401 e. The largest absolute Gasteiger partial charge is 0.431 e. The third kappa shape index (κ3) is 6.07. The van der Waals surface area contributed by atoms with Crippen molar-refractivity contribution in [1.29, 1.82) is 0 Å². The number of likely N-dealkylation sites (tertiary alicyclic amines) is 1. The molecule has 5 nitrogen and oxygen atoms in total. The fourth-order valence-electron chi connectivity index (χ4n) is 4.75. The molecule has 2 aromatic rings. The van der Waals surface area contributed by atoms with Crippen LogP contribution >= 0.6 is 0 Å². The van der Waals surface area contributed by atoms with E-state index in [2.05, 4.69) is 4.74 Å². The molecule has 35 heavy (non-hydrogen) atoms. The number of nitrogens with zero attached hydrogens (tertiary/aromatic N) is 2. The molecular weight excluding hydrogens is 478 g/mol. The summed E-state index contributed by atoms with van der Waals surface area (Å²) >= 11 is 0. The predicted molar refractivity (Wildman–Crippen MR) is 114 cm³/mol. The van der Waals surface area contributed by atoms with Crippen molar-refractivity contribution < 1.29 is 40.6 Å². The standard InChI is InChI=1S/C24H24F6N2O3/c25-18-8-4-7-17(20(18)34-22(26)27)21(33)32-11-9-23(10-12-32)14-31(15-24(28,29)30)13-19(35-23)16-5-2-1-3-6-16/h1-8,19,22H,9-15H2. The second-order valence-corrected chi connectivity index (χ2v) is 8.77. The second kappa shape index (κ2) is 10.1. The van der Waals surface area contributed by atoms with Crippen LogP contribution in [0.1, 0.15) is 34.9 Å². The second-order valence-electron chi connectivity index (χ2n) is 8.77. The quantitative estimate of drug-likeness (QED) is 0.538. The first-order valence-electron chi connectivity index (χ1n) is 11.1. The number of rotatable bonds is 5. The fourth-order valence-corrected chi connectivity index (χ4v) is 4.75. The van der Waals surface area contributed by atoms with Crippen molar-refractivity contribution in [2.45, 2.75) is 37.3 Å². The fraction of sp³-hybridized carbons (Fsp3) is 0.458. The van der Waals surface area contributed by atoms with E-state index in [0.29, 0.717) is 0 Å². The zero-order valence-corrected chi connectivity index (χ0v) is 18.6. The molecule has 0 aliphatic carbocycles. The maximum atomic E-state index is 14.1. The van der Waals surface area contributed by atoms with Crippen LogP contribution in [0.2, 0.25) is 0 Å². The normalized spacial score (nSPS) is 20.9. The number of halogens is 6. The molecule has 1 spiro atoms. The molecule has 0 aromatic heterocycles. The first-order valence-corrected chi connectivity index (χ1v) is 11.1. The van der Waals surface area contributed by atoms with Gasteiger partial charge in [0.05, 0.1) is 23.8 Å². The summed E-state index contributed by atoms with van der Waals surface area (Å²) in [5, 5.41) is 0. The maximum absolute atomic E-state index is 14.1. The highest BCUT2D eigenvalue weighted by Gasteiger charge is 2.46. The van der Waals surface area contributed by atoms with Gasteiger partial charge in [-0.25, -0.2) is 4.39 Å². The van der Waals surface area contributed by atoms with E-state index in [1.807, 2.05) is 0 Å². The molecule has 2 aliphatic rings. The van der Waals surface area contributed by atoms with Crippen LogP contribution in [0.25, 0.3) is 0 Å². The predicted octanol–water partition coefficient (Wildman–Crippen LogP) is 5.04. The van der Waals surface area contributed by atoms with Gasteiger partial charge in [0.25, 0.3) is 5.91 Å². The minimum Gasteiger partial charge on any atom is -0.431 e. The molecule has 0 radical (unpaired) electrons. The lowest BCUT2D eigenvalue weighted by atomic mass is 9.87. The zero-order valence-electron chi connectivity index (χ0n) is 18.6. The van der Waals surface area contributed by atoms with Gasteiger partial charge in [-0.05, 0) is 30.5 Å². The summed E-state index contributed by atoms with van der Waals surface area (Å²) in [5.41, 5.74) is -0.511. The zero-order chi connectivity index (χ0) is 25.2. The molecule has 2 heterocycles. The van der Waals surface area contributed by atoms with Gasteiger partial charge < -0.3 is 14.4 Å². The Morgan fingerprint density at radius 3 is 2.40 bits per heavy atom. The molecule has 190 valence electrons. The molecule has 2 fully saturated rings. The van der Waals surface area contributed by atoms with Crippen LogP contribution in [0.4, 0.5) is 26.3 Å². The Balaban J connectivity index is 1.51. The number of benzene rings is 2. The number of alkyl halides is 5. The van der Waals surface area contributed by atoms with E-state index >= 15 is 0 Å². The van der Waals surface area contributed by atoms with Crippen molar-refractivity contribution in [3.63, 3.8) is 0 Å². The van der Waals surface area contributed by atoms with Crippen LogP contribution in [0.5, 0.6) is 5.75 Å². The van der Waals surface area contributed by atoms with Crippen LogP contribution < -0.4 is 4.74 Å². The Morgan fingerprint density at radius 2 is 1.77 bits per heavy atom. The van der Waals surface area contributed by atoms with Gasteiger partial charge in [0.15, 0.2) is 11.6 Å². The van der Waals surface area contributed by atoms with Crippen molar-refractivity contribution >= 4 is 5.91 Å². The van der Waals surface area contributed by atoms with Gasteiger partial charge in [0, 0.05) is 26.2 Å². The van der Waals surface area contributed by atoms with E-state index in [9.17, 15) is 31.1 Å².